The Hall–Kier alpha value is -0.0900. The number of carbonyl (C=O) groups is 1. The van der Waals surface area contributed by atoms with E-state index >= 15 is 0 Å². The van der Waals surface area contributed by atoms with Gasteiger partial charge in [-0.3, -0.25) is 4.79 Å². The molecule has 82 valence electrons. The second-order valence-corrected chi connectivity index (χ2v) is 5.08. The van der Waals surface area contributed by atoms with Crippen molar-refractivity contribution in [2.24, 2.45) is 5.92 Å². The summed E-state index contributed by atoms with van der Waals surface area (Å²) < 4.78 is 0.982. The molecule has 0 aromatic heterocycles. The van der Waals surface area contributed by atoms with Gasteiger partial charge in [0.15, 0.2) is 5.78 Å². The van der Waals surface area contributed by atoms with E-state index in [1.807, 2.05) is 26.0 Å². The van der Waals surface area contributed by atoms with Gasteiger partial charge in [0.2, 0.25) is 0 Å². The van der Waals surface area contributed by atoms with Crippen molar-refractivity contribution >= 4 is 40.0 Å². The van der Waals surface area contributed by atoms with Gasteiger partial charge in [-0.05, 0) is 47.6 Å². The fourth-order valence-corrected chi connectivity index (χ4v) is 2.06. The van der Waals surface area contributed by atoms with Gasteiger partial charge < -0.3 is 0 Å². The molecule has 1 rings (SSSR count). The van der Waals surface area contributed by atoms with E-state index < -0.39 is 0 Å². The van der Waals surface area contributed by atoms with Crippen molar-refractivity contribution in [3.05, 3.63) is 32.4 Å². The number of ketones is 1. The number of hydrogen-bond donors (Lipinski definition) is 0. The molecule has 1 nitrogen and oxygen atoms in total. The van der Waals surface area contributed by atoms with Gasteiger partial charge in [-0.2, -0.15) is 0 Å². The van der Waals surface area contributed by atoms with Gasteiger partial charge in [-0.15, -0.1) is 0 Å². The Labute approximate surface area is 109 Å². The highest BCUT2D eigenvalue weighted by molar-refractivity contribution is 14.1. The maximum atomic E-state index is 12.0. The van der Waals surface area contributed by atoms with Crippen molar-refractivity contribution in [1.82, 2.24) is 0 Å². The van der Waals surface area contributed by atoms with Crippen LogP contribution in [-0.2, 0) is 0 Å². The van der Waals surface area contributed by atoms with E-state index in [-0.39, 0.29) is 11.7 Å². The molecule has 0 aliphatic carbocycles. The minimum absolute atomic E-state index is 0.126. The summed E-state index contributed by atoms with van der Waals surface area (Å²) >= 11 is 8.15. The van der Waals surface area contributed by atoms with Gasteiger partial charge in [0, 0.05) is 15.1 Å². The minimum atomic E-state index is 0.126. The molecule has 0 bridgehead atoms. The third-order valence-electron chi connectivity index (χ3n) is 2.56. The third-order valence-corrected chi connectivity index (χ3v) is 4.13. The molecule has 1 aromatic rings. The lowest BCUT2D eigenvalue weighted by molar-refractivity contribution is 0.0913. The Morgan fingerprint density at radius 1 is 1.40 bits per heavy atom. The van der Waals surface area contributed by atoms with E-state index in [2.05, 4.69) is 22.6 Å². The summed E-state index contributed by atoms with van der Waals surface area (Å²) in [5.74, 6) is 0.333. The minimum Gasteiger partial charge on any atom is -0.294 e. The van der Waals surface area contributed by atoms with Gasteiger partial charge in [-0.1, -0.05) is 31.5 Å². The van der Waals surface area contributed by atoms with Crippen LogP contribution in [0.5, 0.6) is 0 Å². The Morgan fingerprint density at radius 2 is 2.00 bits per heavy atom. The maximum absolute atomic E-state index is 12.0. The average Bonchev–Trinajstić information content (AvgIpc) is 2.23. The number of benzene rings is 1. The summed E-state index contributed by atoms with van der Waals surface area (Å²) in [5, 5.41) is 0.660. The number of rotatable bonds is 4. The molecule has 0 heterocycles. The summed E-state index contributed by atoms with van der Waals surface area (Å²) in [7, 11) is 0. The quantitative estimate of drug-likeness (QED) is 0.582. The second kappa shape index (κ2) is 5.85. The van der Waals surface area contributed by atoms with E-state index in [4.69, 9.17) is 11.6 Å². The van der Waals surface area contributed by atoms with Crippen LogP contribution in [0.25, 0.3) is 0 Å². The number of halogens is 2. The van der Waals surface area contributed by atoms with Gasteiger partial charge in [0.1, 0.15) is 0 Å². The van der Waals surface area contributed by atoms with Crippen LogP contribution in [0.2, 0.25) is 5.02 Å². The van der Waals surface area contributed by atoms with Crippen LogP contribution < -0.4 is 0 Å². The maximum Gasteiger partial charge on any atom is 0.165 e. The molecule has 0 saturated heterocycles. The predicted octanol–water partition coefficient (Wildman–Crippen LogP) is 4.56. The summed E-state index contributed by atoms with van der Waals surface area (Å²) in [5.41, 5.74) is 0.731. The van der Waals surface area contributed by atoms with Crippen molar-refractivity contribution in [2.45, 2.75) is 26.7 Å². The van der Waals surface area contributed by atoms with Crippen molar-refractivity contribution in [2.75, 3.05) is 0 Å². The largest absolute Gasteiger partial charge is 0.294 e. The topological polar surface area (TPSA) is 17.1 Å². The second-order valence-electron chi connectivity index (χ2n) is 3.51. The molecule has 0 atom stereocenters. The lowest BCUT2D eigenvalue weighted by Crippen LogP contribution is -2.12. The Kier molecular flexibility index (Phi) is 5.06. The predicted molar refractivity (Wildman–Crippen MR) is 72.6 cm³/mol. The van der Waals surface area contributed by atoms with E-state index in [0.29, 0.717) is 5.02 Å². The van der Waals surface area contributed by atoms with E-state index in [1.54, 1.807) is 6.07 Å². The highest BCUT2D eigenvalue weighted by Crippen LogP contribution is 2.22. The van der Waals surface area contributed by atoms with Crippen LogP contribution in [-0.4, -0.2) is 5.78 Å². The lowest BCUT2D eigenvalue weighted by Gasteiger charge is -2.11. The van der Waals surface area contributed by atoms with E-state index in [9.17, 15) is 4.79 Å². The van der Waals surface area contributed by atoms with E-state index in [0.717, 1.165) is 22.0 Å². The fourth-order valence-electron chi connectivity index (χ4n) is 1.54. The molecule has 3 heteroatoms. The van der Waals surface area contributed by atoms with Crippen molar-refractivity contribution in [3.63, 3.8) is 0 Å². The van der Waals surface area contributed by atoms with Crippen LogP contribution in [0.1, 0.15) is 37.0 Å². The van der Waals surface area contributed by atoms with Crippen LogP contribution in [0, 0.1) is 9.49 Å². The molecular weight excluding hydrogens is 322 g/mol. The average molecular weight is 337 g/mol. The molecule has 0 aliphatic rings. The molecule has 0 spiro atoms. The van der Waals surface area contributed by atoms with Crippen molar-refractivity contribution in [3.8, 4) is 0 Å². The molecule has 0 amide bonds. The summed E-state index contributed by atoms with van der Waals surface area (Å²) in [6.45, 7) is 4.08. The number of hydrogen-bond acceptors (Lipinski definition) is 1. The normalized spacial score (nSPS) is 10.7. The first-order valence-corrected chi connectivity index (χ1v) is 6.55. The van der Waals surface area contributed by atoms with Gasteiger partial charge >= 0.3 is 0 Å². The molecule has 0 unspecified atom stereocenters. The standard InChI is InChI=1S/C12H14ClIO/c1-3-8(4-2)12(15)9-5-6-11(14)10(13)7-9/h5-8H,3-4H2,1-2H3. The Balaban J connectivity index is 2.96. The van der Waals surface area contributed by atoms with Crippen LogP contribution in [0.15, 0.2) is 18.2 Å². The first-order chi connectivity index (χ1) is 7.10. The molecule has 0 fully saturated rings. The molecular formula is C12H14ClIO. The molecule has 0 aliphatic heterocycles. The highest BCUT2D eigenvalue weighted by Gasteiger charge is 2.16. The highest BCUT2D eigenvalue weighted by atomic mass is 127. The number of carbonyl (C=O) groups excluding carboxylic acids is 1. The third kappa shape index (κ3) is 3.18. The summed E-state index contributed by atoms with van der Waals surface area (Å²) in [6.07, 6.45) is 1.78. The smallest absolute Gasteiger partial charge is 0.165 e. The van der Waals surface area contributed by atoms with Crippen LogP contribution in [0.4, 0.5) is 0 Å². The molecule has 0 radical (unpaired) electrons. The summed E-state index contributed by atoms with van der Waals surface area (Å²) in [4.78, 5) is 12.0. The monoisotopic (exact) mass is 336 g/mol. The Bertz CT molecular complexity index is 359. The molecule has 15 heavy (non-hydrogen) atoms. The first kappa shape index (κ1) is 13.0. The van der Waals surface area contributed by atoms with Crippen LogP contribution >= 0.6 is 34.2 Å². The zero-order valence-electron chi connectivity index (χ0n) is 8.89. The zero-order chi connectivity index (χ0) is 11.4. The van der Waals surface area contributed by atoms with Crippen molar-refractivity contribution < 1.29 is 4.79 Å². The molecule has 0 saturated carbocycles. The Morgan fingerprint density at radius 3 is 2.47 bits per heavy atom. The van der Waals surface area contributed by atoms with E-state index in [1.165, 1.54) is 0 Å². The first-order valence-electron chi connectivity index (χ1n) is 5.09. The zero-order valence-corrected chi connectivity index (χ0v) is 11.8. The SMILES string of the molecule is CCC(CC)C(=O)c1ccc(I)c(Cl)c1. The number of Topliss-reactive ketones (excluding diaryl/α,β-unsaturated/α-hetero) is 1. The van der Waals surface area contributed by atoms with Crippen LogP contribution in [0.3, 0.4) is 0 Å². The summed E-state index contributed by atoms with van der Waals surface area (Å²) in [6, 6.07) is 5.51. The lowest BCUT2D eigenvalue weighted by atomic mass is 9.93. The van der Waals surface area contributed by atoms with Gasteiger partial charge in [0.05, 0.1) is 5.02 Å². The fraction of sp³-hybridized carbons (Fsp3) is 0.417. The molecule has 0 N–H and O–H groups in total. The molecule has 1 aromatic carbocycles. The van der Waals surface area contributed by atoms with Gasteiger partial charge in [-0.25, -0.2) is 0 Å². The van der Waals surface area contributed by atoms with Crippen molar-refractivity contribution in [1.29, 1.82) is 0 Å². The van der Waals surface area contributed by atoms with Gasteiger partial charge in [0.25, 0.3) is 0 Å².